The number of nitrogens with zero attached hydrogens (tertiary/aromatic N) is 3. The van der Waals surface area contributed by atoms with Crippen LogP contribution in [0.3, 0.4) is 0 Å². The highest BCUT2D eigenvalue weighted by molar-refractivity contribution is 6.17. The van der Waals surface area contributed by atoms with Crippen molar-refractivity contribution in [1.82, 2.24) is 14.7 Å². The van der Waals surface area contributed by atoms with E-state index in [4.69, 9.17) is 11.6 Å². The fraction of sp³-hybridized carbons (Fsp3) is 0.667. The molecule has 0 radical (unpaired) electrons. The number of aromatic nitrogens is 2. The van der Waals surface area contributed by atoms with Crippen LogP contribution in [0.15, 0.2) is 12.3 Å². The summed E-state index contributed by atoms with van der Waals surface area (Å²) in [5, 5.41) is 4.17. The van der Waals surface area contributed by atoms with Gasteiger partial charge in [0.2, 0.25) is 0 Å². The molecule has 0 N–H and O–H groups in total. The van der Waals surface area contributed by atoms with Crippen molar-refractivity contribution in [2.45, 2.75) is 31.7 Å². The number of carbonyl (C=O) groups is 1. The van der Waals surface area contributed by atoms with Gasteiger partial charge in [0.15, 0.2) is 0 Å². The van der Waals surface area contributed by atoms with E-state index >= 15 is 0 Å². The predicted octanol–water partition coefficient (Wildman–Crippen LogP) is 2.04. The van der Waals surface area contributed by atoms with Crippen LogP contribution in [-0.4, -0.2) is 39.1 Å². The van der Waals surface area contributed by atoms with Crippen LogP contribution in [0.5, 0.6) is 0 Å². The van der Waals surface area contributed by atoms with Gasteiger partial charge in [-0.3, -0.25) is 9.48 Å². The van der Waals surface area contributed by atoms with Gasteiger partial charge in [0.05, 0.1) is 0 Å². The quantitative estimate of drug-likeness (QED) is 0.773. The molecule has 1 aliphatic rings. The Bertz CT molecular complexity index is 391. The molecule has 4 nitrogen and oxygen atoms in total. The first kappa shape index (κ1) is 12.4. The highest BCUT2D eigenvalue weighted by atomic mass is 35.5. The Hall–Kier alpha value is -1.03. The zero-order valence-electron chi connectivity index (χ0n) is 10.1. The van der Waals surface area contributed by atoms with Gasteiger partial charge < -0.3 is 4.90 Å². The second-order valence-corrected chi connectivity index (χ2v) is 4.88. The number of carbonyl (C=O) groups excluding carboxylic acids is 1. The average Bonchev–Trinajstić information content (AvgIpc) is 2.94. The Morgan fingerprint density at radius 2 is 2.47 bits per heavy atom. The lowest BCUT2D eigenvalue weighted by Crippen LogP contribution is -2.35. The third-order valence-corrected chi connectivity index (χ3v) is 3.51. The molecule has 1 amide bonds. The SMILES string of the molecule is Cn1ccc(C(=O)N2CCCC2CCCCl)n1. The van der Waals surface area contributed by atoms with Crippen molar-refractivity contribution in [3.05, 3.63) is 18.0 Å². The molecule has 0 saturated carbocycles. The van der Waals surface area contributed by atoms with Gasteiger partial charge in [0.25, 0.3) is 5.91 Å². The van der Waals surface area contributed by atoms with E-state index in [1.807, 2.05) is 11.9 Å². The fourth-order valence-corrected chi connectivity index (χ4v) is 2.55. The molecule has 2 heterocycles. The minimum atomic E-state index is 0.0580. The highest BCUT2D eigenvalue weighted by Crippen LogP contribution is 2.23. The molecule has 1 unspecified atom stereocenters. The molecule has 1 aliphatic heterocycles. The van der Waals surface area contributed by atoms with Gasteiger partial charge >= 0.3 is 0 Å². The zero-order valence-corrected chi connectivity index (χ0v) is 10.9. The van der Waals surface area contributed by atoms with Crippen LogP contribution in [0.2, 0.25) is 0 Å². The lowest BCUT2D eigenvalue weighted by atomic mass is 10.1. The summed E-state index contributed by atoms with van der Waals surface area (Å²) in [6.07, 6.45) is 5.96. The second-order valence-electron chi connectivity index (χ2n) is 4.50. The largest absolute Gasteiger partial charge is 0.334 e. The minimum Gasteiger partial charge on any atom is -0.334 e. The first-order valence-electron chi connectivity index (χ1n) is 6.09. The zero-order chi connectivity index (χ0) is 12.3. The van der Waals surface area contributed by atoms with E-state index < -0.39 is 0 Å². The van der Waals surface area contributed by atoms with E-state index in [9.17, 15) is 4.79 Å². The van der Waals surface area contributed by atoms with Crippen LogP contribution in [0.25, 0.3) is 0 Å². The first-order valence-corrected chi connectivity index (χ1v) is 6.62. The van der Waals surface area contributed by atoms with Crippen LogP contribution in [0.1, 0.15) is 36.2 Å². The van der Waals surface area contributed by atoms with Gasteiger partial charge in [-0.1, -0.05) is 0 Å². The number of halogens is 1. The maximum absolute atomic E-state index is 12.3. The summed E-state index contributed by atoms with van der Waals surface area (Å²) in [7, 11) is 1.83. The van der Waals surface area contributed by atoms with Crippen molar-refractivity contribution < 1.29 is 4.79 Å². The molecule has 0 aliphatic carbocycles. The molecule has 1 aromatic rings. The van der Waals surface area contributed by atoms with E-state index in [1.165, 1.54) is 0 Å². The average molecular weight is 256 g/mol. The van der Waals surface area contributed by atoms with Crippen LogP contribution in [-0.2, 0) is 7.05 Å². The predicted molar refractivity (Wildman–Crippen MR) is 67.2 cm³/mol. The number of likely N-dealkylation sites (tertiary alicyclic amines) is 1. The van der Waals surface area contributed by atoms with Crippen molar-refractivity contribution >= 4 is 17.5 Å². The molecule has 0 spiro atoms. The molecule has 1 fully saturated rings. The number of aryl methyl sites for hydroxylation is 1. The van der Waals surface area contributed by atoms with Crippen molar-refractivity contribution in [1.29, 1.82) is 0 Å². The molecule has 94 valence electrons. The number of alkyl halides is 1. The smallest absolute Gasteiger partial charge is 0.274 e. The van der Waals surface area contributed by atoms with Crippen molar-refractivity contribution in [2.75, 3.05) is 12.4 Å². The molecule has 0 bridgehead atoms. The van der Waals surface area contributed by atoms with E-state index in [0.717, 1.165) is 32.2 Å². The third kappa shape index (κ3) is 2.80. The molecule has 1 atom stereocenters. The molecule has 0 aromatic carbocycles. The topological polar surface area (TPSA) is 38.1 Å². The van der Waals surface area contributed by atoms with E-state index in [-0.39, 0.29) is 5.91 Å². The molecule has 5 heteroatoms. The first-order chi connectivity index (χ1) is 8.22. The minimum absolute atomic E-state index is 0.0580. The van der Waals surface area contributed by atoms with Gasteiger partial charge in [-0.15, -0.1) is 11.6 Å². The summed E-state index contributed by atoms with van der Waals surface area (Å²) < 4.78 is 1.66. The third-order valence-electron chi connectivity index (χ3n) is 3.24. The van der Waals surface area contributed by atoms with Gasteiger partial charge in [-0.05, 0) is 31.7 Å². The summed E-state index contributed by atoms with van der Waals surface area (Å²) in [6, 6.07) is 2.13. The van der Waals surface area contributed by atoms with Gasteiger partial charge in [-0.25, -0.2) is 0 Å². The van der Waals surface area contributed by atoms with Crippen LogP contribution < -0.4 is 0 Å². The number of amides is 1. The maximum Gasteiger partial charge on any atom is 0.274 e. The van der Waals surface area contributed by atoms with Gasteiger partial charge in [-0.2, -0.15) is 5.10 Å². The summed E-state index contributed by atoms with van der Waals surface area (Å²) in [5.74, 6) is 0.727. The van der Waals surface area contributed by atoms with Crippen LogP contribution in [0.4, 0.5) is 0 Å². The Morgan fingerprint density at radius 1 is 1.65 bits per heavy atom. The maximum atomic E-state index is 12.3. The lowest BCUT2D eigenvalue weighted by molar-refractivity contribution is 0.0723. The van der Waals surface area contributed by atoms with Crippen LogP contribution >= 0.6 is 11.6 Å². The van der Waals surface area contributed by atoms with Crippen molar-refractivity contribution in [2.24, 2.45) is 7.05 Å². The molecular formula is C12H18ClN3O. The molecular weight excluding hydrogens is 238 g/mol. The number of rotatable bonds is 4. The number of hydrogen-bond donors (Lipinski definition) is 0. The molecule has 2 rings (SSSR count). The standard InChI is InChI=1S/C12H18ClN3O/c1-15-9-6-11(14-15)12(17)16-8-3-5-10(16)4-2-7-13/h6,9-10H,2-5,7-8H2,1H3. The number of hydrogen-bond acceptors (Lipinski definition) is 2. The molecule has 17 heavy (non-hydrogen) atoms. The Kier molecular flexibility index (Phi) is 4.05. The Morgan fingerprint density at radius 3 is 3.12 bits per heavy atom. The van der Waals surface area contributed by atoms with Gasteiger partial charge in [0.1, 0.15) is 5.69 Å². The fourth-order valence-electron chi connectivity index (χ4n) is 2.39. The van der Waals surface area contributed by atoms with Crippen LogP contribution in [0, 0.1) is 0 Å². The summed E-state index contributed by atoms with van der Waals surface area (Å²) in [4.78, 5) is 14.2. The summed E-state index contributed by atoms with van der Waals surface area (Å²) in [5.41, 5.74) is 0.547. The van der Waals surface area contributed by atoms with E-state index in [0.29, 0.717) is 17.6 Å². The molecule has 1 aromatic heterocycles. The second kappa shape index (κ2) is 5.54. The van der Waals surface area contributed by atoms with Crippen molar-refractivity contribution in [3.8, 4) is 0 Å². The summed E-state index contributed by atoms with van der Waals surface area (Å²) in [6.45, 7) is 0.850. The molecule has 1 saturated heterocycles. The summed E-state index contributed by atoms with van der Waals surface area (Å²) >= 11 is 5.71. The Balaban J connectivity index is 2.03. The normalized spacial score (nSPS) is 19.9. The van der Waals surface area contributed by atoms with Crippen molar-refractivity contribution in [3.63, 3.8) is 0 Å². The monoisotopic (exact) mass is 255 g/mol. The highest BCUT2D eigenvalue weighted by Gasteiger charge is 2.29. The van der Waals surface area contributed by atoms with Gasteiger partial charge in [0, 0.05) is 31.7 Å². The van der Waals surface area contributed by atoms with E-state index in [2.05, 4.69) is 5.10 Å². The Labute approximate surface area is 107 Å². The van der Waals surface area contributed by atoms with E-state index in [1.54, 1.807) is 16.9 Å². The lowest BCUT2D eigenvalue weighted by Gasteiger charge is -2.23.